The Morgan fingerprint density at radius 3 is 2.48 bits per heavy atom. The molecule has 6 nitrogen and oxygen atoms in total. The molecule has 1 aromatic carbocycles. The van der Waals surface area contributed by atoms with Crippen LogP contribution in [0.2, 0.25) is 0 Å². The van der Waals surface area contributed by atoms with Crippen LogP contribution in [-0.4, -0.2) is 23.0 Å². The molecular formula is C18H27BrN2O4. The van der Waals surface area contributed by atoms with Crippen molar-refractivity contribution in [3.8, 4) is 0 Å². The van der Waals surface area contributed by atoms with E-state index in [2.05, 4.69) is 21.2 Å². The second-order valence-electron chi connectivity index (χ2n) is 6.95. The fourth-order valence-electron chi connectivity index (χ4n) is 2.35. The SMILES string of the molecule is CC(C)(C)OC(=O)CCCCCCCNc1cc(Br)ccc1[N+](=O)[O-]. The lowest BCUT2D eigenvalue weighted by molar-refractivity contribution is -0.384. The molecule has 0 amide bonds. The molecule has 0 heterocycles. The van der Waals surface area contributed by atoms with Gasteiger partial charge in [-0.25, -0.2) is 0 Å². The summed E-state index contributed by atoms with van der Waals surface area (Å²) in [6.07, 6.45) is 5.25. The van der Waals surface area contributed by atoms with E-state index in [1.807, 2.05) is 20.8 Å². The second-order valence-corrected chi connectivity index (χ2v) is 7.87. The van der Waals surface area contributed by atoms with Crippen LogP contribution in [0.25, 0.3) is 0 Å². The quantitative estimate of drug-likeness (QED) is 0.238. The van der Waals surface area contributed by atoms with Crippen molar-refractivity contribution < 1.29 is 14.5 Å². The lowest BCUT2D eigenvalue weighted by Crippen LogP contribution is -2.23. The summed E-state index contributed by atoms with van der Waals surface area (Å²) in [5.41, 5.74) is 0.197. The Morgan fingerprint density at radius 2 is 1.84 bits per heavy atom. The molecule has 0 aliphatic heterocycles. The minimum absolute atomic E-state index is 0.0839. The number of hydrogen-bond donors (Lipinski definition) is 1. The molecule has 0 radical (unpaired) electrons. The number of nitrogens with one attached hydrogen (secondary N) is 1. The fraction of sp³-hybridized carbons (Fsp3) is 0.611. The highest BCUT2D eigenvalue weighted by atomic mass is 79.9. The van der Waals surface area contributed by atoms with Crippen molar-refractivity contribution >= 4 is 33.3 Å². The number of anilines is 1. The van der Waals surface area contributed by atoms with E-state index in [1.165, 1.54) is 6.07 Å². The summed E-state index contributed by atoms with van der Waals surface area (Å²) in [6.45, 7) is 6.29. The van der Waals surface area contributed by atoms with Crippen LogP contribution in [0.1, 0.15) is 59.3 Å². The van der Waals surface area contributed by atoms with Crippen molar-refractivity contribution in [3.63, 3.8) is 0 Å². The summed E-state index contributed by atoms with van der Waals surface area (Å²) in [5, 5.41) is 14.1. The van der Waals surface area contributed by atoms with Crippen molar-refractivity contribution in [2.24, 2.45) is 0 Å². The Labute approximate surface area is 157 Å². The first-order valence-electron chi connectivity index (χ1n) is 8.59. The molecule has 140 valence electrons. The topological polar surface area (TPSA) is 81.5 Å². The summed E-state index contributed by atoms with van der Waals surface area (Å²) in [6, 6.07) is 4.87. The molecule has 0 fully saturated rings. The van der Waals surface area contributed by atoms with Gasteiger partial charge < -0.3 is 10.1 Å². The monoisotopic (exact) mass is 414 g/mol. The van der Waals surface area contributed by atoms with Crippen LogP contribution in [0, 0.1) is 10.1 Å². The zero-order valence-electron chi connectivity index (χ0n) is 15.1. The molecule has 1 aromatic rings. The number of nitro benzene ring substituents is 1. The highest BCUT2D eigenvalue weighted by molar-refractivity contribution is 9.10. The predicted octanol–water partition coefficient (Wildman–Crippen LogP) is 5.45. The first-order chi connectivity index (χ1) is 11.7. The van der Waals surface area contributed by atoms with Crippen LogP contribution < -0.4 is 5.32 Å². The number of nitro groups is 1. The number of halogens is 1. The number of hydrogen-bond acceptors (Lipinski definition) is 5. The maximum Gasteiger partial charge on any atom is 0.306 e. The first-order valence-corrected chi connectivity index (χ1v) is 9.38. The van der Waals surface area contributed by atoms with Gasteiger partial charge in [-0.05, 0) is 45.7 Å². The normalized spacial score (nSPS) is 11.2. The van der Waals surface area contributed by atoms with E-state index in [4.69, 9.17) is 4.74 Å². The largest absolute Gasteiger partial charge is 0.460 e. The summed E-state index contributed by atoms with van der Waals surface area (Å²) in [4.78, 5) is 22.2. The lowest BCUT2D eigenvalue weighted by Gasteiger charge is -2.19. The van der Waals surface area contributed by atoms with Crippen LogP contribution in [0.3, 0.4) is 0 Å². The predicted molar refractivity (Wildman–Crippen MR) is 103 cm³/mol. The molecule has 0 aromatic heterocycles. The van der Waals surface area contributed by atoms with Gasteiger partial charge in [-0.1, -0.05) is 35.2 Å². The summed E-state index contributed by atoms with van der Waals surface area (Å²) in [7, 11) is 0. The number of ether oxygens (including phenoxy) is 1. The Hall–Kier alpha value is -1.63. The van der Waals surface area contributed by atoms with Crippen LogP contribution in [0.5, 0.6) is 0 Å². The number of rotatable bonds is 10. The van der Waals surface area contributed by atoms with Gasteiger partial charge in [0, 0.05) is 23.5 Å². The van der Waals surface area contributed by atoms with Gasteiger partial charge in [0.25, 0.3) is 5.69 Å². The highest BCUT2D eigenvalue weighted by Gasteiger charge is 2.15. The van der Waals surface area contributed by atoms with Gasteiger partial charge in [-0.2, -0.15) is 0 Å². The lowest BCUT2D eigenvalue weighted by atomic mass is 10.1. The average Bonchev–Trinajstić information content (AvgIpc) is 2.47. The maximum absolute atomic E-state index is 11.6. The molecule has 0 spiro atoms. The molecule has 0 atom stereocenters. The molecule has 0 unspecified atom stereocenters. The van der Waals surface area contributed by atoms with Crippen LogP contribution in [0.15, 0.2) is 22.7 Å². The Bertz CT molecular complexity index is 585. The van der Waals surface area contributed by atoms with E-state index in [1.54, 1.807) is 12.1 Å². The van der Waals surface area contributed by atoms with Crippen LogP contribution in [-0.2, 0) is 9.53 Å². The van der Waals surface area contributed by atoms with E-state index in [9.17, 15) is 14.9 Å². The maximum atomic E-state index is 11.6. The van der Waals surface area contributed by atoms with E-state index in [0.29, 0.717) is 18.7 Å². The van der Waals surface area contributed by atoms with E-state index < -0.39 is 5.60 Å². The minimum Gasteiger partial charge on any atom is -0.460 e. The van der Waals surface area contributed by atoms with Gasteiger partial charge in [-0.15, -0.1) is 0 Å². The molecular weight excluding hydrogens is 388 g/mol. The third-order valence-electron chi connectivity index (χ3n) is 3.45. The molecule has 0 aliphatic carbocycles. The van der Waals surface area contributed by atoms with Crippen LogP contribution in [0.4, 0.5) is 11.4 Å². The third-order valence-corrected chi connectivity index (χ3v) is 3.94. The van der Waals surface area contributed by atoms with E-state index in [0.717, 1.165) is 36.6 Å². The van der Waals surface area contributed by atoms with Crippen molar-refractivity contribution in [3.05, 3.63) is 32.8 Å². The van der Waals surface area contributed by atoms with Crippen molar-refractivity contribution in [1.29, 1.82) is 0 Å². The minimum atomic E-state index is -0.419. The second kappa shape index (κ2) is 10.4. The molecule has 0 saturated heterocycles. The molecule has 1 rings (SSSR count). The summed E-state index contributed by atoms with van der Waals surface area (Å²) in [5.74, 6) is -0.142. The average molecular weight is 415 g/mol. The van der Waals surface area contributed by atoms with Gasteiger partial charge in [0.05, 0.1) is 4.92 Å². The number of nitrogens with zero attached hydrogens (tertiary/aromatic N) is 1. The summed E-state index contributed by atoms with van der Waals surface area (Å²) < 4.78 is 6.07. The summed E-state index contributed by atoms with van der Waals surface area (Å²) >= 11 is 3.33. The standard InChI is InChI=1S/C18H27BrN2O4/c1-18(2,3)25-17(22)9-7-5-4-6-8-12-20-15-13-14(19)10-11-16(15)21(23)24/h10-11,13,20H,4-9,12H2,1-3H3. The van der Waals surface area contributed by atoms with Gasteiger partial charge in [0.2, 0.25) is 0 Å². The van der Waals surface area contributed by atoms with Gasteiger partial charge in [0.15, 0.2) is 0 Å². The molecule has 7 heteroatoms. The molecule has 1 N–H and O–H groups in total. The number of esters is 1. The van der Waals surface area contributed by atoms with Gasteiger partial charge in [0.1, 0.15) is 11.3 Å². The van der Waals surface area contributed by atoms with Crippen molar-refractivity contribution in [2.45, 2.75) is 64.9 Å². The number of benzene rings is 1. The molecule has 0 bridgehead atoms. The molecule has 0 saturated carbocycles. The third kappa shape index (κ3) is 9.43. The Morgan fingerprint density at radius 1 is 1.20 bits per heavy atom. The molecule has 25 heavy (non-hydrogen) atoms. The number of unbranched alkanes of at least 4 members (excludes halogenated alkanes) is 4. The zero-order chi connectivity index (χ0) is 18.9. The van der Waals surface area contributed by atoms with Crippen molar-refractivity contribution in [2.75, 3.05) is 11.9 Å². The highest BCUT2D eigenvalue weighted by Crippen LogP contribution is 2.27. The van der Waals surface area contributed by atoms with Crippen molar-refractivity contribution in [1.82, 2.24) is 0 Å². The van der Waals surface area contributed by atoms with E-state index in [-0.39, 0.29) is 16.6 Å². The molecule has 0 aliphatic rings. The number of carbonyl (C=O) groups is 1. The van der Waals surface area contributed by atoms with Gasteiger partial charge >= 0.3 is 5.97 Å². The number of carbonyl (C=O) groups excluding carboxylic acids is 1. The fourth-order valence-corrected chi connectivity index (χ4v) is 2.71. The van der Waals surface area contributed by atoms with Gasteiger partial charge in [-0.3, -0.25) is 14.9 Å². The van der Waals surface area contributed by atoms with E-state index >= 15 is 0 Å². The Kier molecular flexibility index (Phi) is 8.89. The zero-order valence-corrected chi connectivity index (χ0v) is 16.7. The smallest absolute Gasteiger partial charge is 0.306 e. The first kappa shape index (κ1) is 21.4. The Balaban J connectivity index is 2.16. The van der Waals surface area contributed by atoms with Crippen LogP contribution >= 0.6 is 15.9 Å².